The van der Waals surface area contributed by atoms with Crippen molar-refractivity contribution in [2.24, 2.45) is 0 Å². The Morgan fingerprint density at radius 3 is 2.52 bits per heavy atom. The van der Waals surface area contributed by atoms with Crippen LogP contribution >= 0.6 is 0 Å². The maximum absolute atomic E-state index is 5.94. The molecular weight excluding hydrogens is 258 g/mol. The first-order valence-corrected chi connectivity index (χ1v) is 7.73. The zero-order valence-electron chi connectivity index (χ0n) is 12.7. The minimum atomic E-state index is 0.310. The fraction of sp³-hybridized carbons (Fsp3) is 0.368. The van der Waals surface area contributed by atoms with E-state index in [0.717, 1.165) is 32.7 Å². The molecule has 1 heterocycles. The fourth-order valence-electron chi connectivity index (χ4n) is 2.88. The summed E-state index contributed by atoms with van der Waals surface area (Å²) in [5.41, 5.74) is 4.06. The van der Waals surface area contributed by atoms with E-state index in [1.165, 1.54) is 16.7 Å². The second-order valence-corrected chi connectivity index (χ2v) is 5.90. The Kier molecular flexibility index (Phi) is 4.69. The van der Waals surface area contributed by atoms with E-state index >= 15 is 0 Å². The molecule has 3 rings (SSSR count). The summed E-state index contributed by atoms with van der Waals surface area (Å²) in [5.74, 6) is 0. The number of aryl methyl sites for hydroxylation is 1. The molecule has 1 aliphatic heterocycles. The number of hydrogen-bond acceptors (Lipinski definition) is 2. The van der Waals surface area contributed by atoms with Crippen molar-refractivity contribution in [3.05, 3.63) is 71.3 Å². The van der Waals surface area contributed by atoms with Crippen molar-refractivity contribution < 1.29 is 4.74 Å². The molecule has 110 valence electrons. The van der Waals surface area contributed by atoms with Crippen molar-refractivity contribution in [2.75, 3.05) is 19.7 Å². The van der Waals surface area contributed by atoms with Gasteiger partial charge in [-0.15, -0.1) is 0 Å². The summed E-state index contributed by atoms with van der Waals surface area (Å²) in [6.45, 7) is 6.03. The molecule has 1 atom stereocenters. The van der Waals surface area contributed by atoms with Gasteiger partial charge in [0.05, 0.1) is 12.7 Å². The average molecular weight is 281 g/mol. The predicted octanol–water partition coefficient (Wildman–Crippen LogP) is 3.44. The number of benzene rings is 2. The summed E-state index contributed by atoms with van der Waals surface area (Å²) < 4.78 is 5.94. The molecule has 1 unspecified atom stereocenters. The molecule has 0 N–H and O–H groups in total. The van der Waals surface area contributed by atoms with Crippen molar-refractivity contribution in [1.29, 1.82) is 0 Å². The molecule has 1 fully saturated rings. The Hall–Kier alpha value is -1.64. The summed E-state index contributed by atoms with van der Waals surface area (Å²) in [5, 5.41) is 0. The van der Waals surface area contributed by atoms with E-state index < -0.39 is 0 Å². The van der Waals surface area contributed by atoms with Gasteiger partial charge in [-0.1, -0.05) is 60.2 Å². The molecule has 0 bridgehead atoms. The normalized spacial score (nSPS) is 19.6. The van der Waals surface area contributed by atoms with E-state index in [1.54, 1.807) is 0 Å². The highest BCUT2D eigenvalue weighted by molar-refractivity contribution is 5.22. The topological polar surface area (TPSA) is 12.5 Å². The summed E-state index contributed by atoms with van der Waals surface area (Å²) >= 11 is 0. The van der Waals surface area contributed by atoms with E-state index in [0.29, 0.717) is 6.10 Å². The first-order chi connectivity index (χ1) is 10.3. The van der Waals surface area contributed by atoms with E-state index in [1.807, 2.05) is 0 Å². The number of hydrogen-bond donors (Lipinski definition) is 0. The molecule has 0 amide bonds. The molecule has 2 heteroatoms. The van der Waals surface area contributed by atoms with Crippen molar-refractivity contribution in [3.8, 4) is 0 Å². The van der Waals surface area contributed by atoms with Gasteiger partial charge in [-0.05, 0) is 24.5 Å². The Labute approximate surface area is 127 Å². The number of nitrogens with zero attached hydrogens (tertiary/aromatic N) is 1. The highest BCUT2D eigenvalue weighted by Crippen LogP contribution is 2.14. The van der Waals surface area contributed by atoms with Gasteiger partial charge in [0.2, 0.25) is 0 Å². The standard InChI is InChI=1S/C19H23NO/c1-16-7-9-17(10-8-16)13-19-15-20(11-12-21-19)14-18-5-3-2-4-6-18/h2-10,19H,11-15H2,1H3. The lowest BCUT2D eigenvalue weighted by Crippen LogP contribution is -2.42. The Balaban J connectivity index is 1.57. The highest BCUT2D eigenvalue weighted by Gasteiger charge is 2.20. The van der Waals surface area contributed by atoms with Crippen LogP contribution in [0.5, 0.6) is 0 Å². The molecule has 0 spiro atoms. The molecule has 2 aromatic carbocycles. The van der Waals surface area contributed by atoms with Crippen LogP contribution in [0.1, 0.15) is 16.7 Å². The summed E-state index contributed by atoms with van der Waals surface area (Å²) in [7, 11) is 0. The minimum Gasteiger partial charge on any atom is -0.375 e. The summed E-state index contributed by atoms with van der Waals surface area (Å²) in [6.07, 6.45) is 1.32. The van der Waals surface area contributed by atoms with E-state index in [-0.39, 0.29) is 0 Å². The number of rotatable bonds is 4. The zero-order chi connectivity index (χ0) is 14.5. The monoisotopic (exact) mass is 281 g/mol. The van der Waals surface area contributed by atoms with Crippen LogP contribution in [0.2, 0.25) is 0 Å². The van der Waals surface area contributed by atoms with Crippen molar-refractivity contribution in [1.82, 2.24) is 4.90 Å². The second-order valence-electron chi connectivity index (χ2n) is 5.90. The lowest BCUT2D eigenvalue weighted by atomic mass is 10.0. The second kappa shape index (κ2) is 6.88. The summed E-state index contributed by atoms with van der Waals surface area (Å²) in [6, 6.07) is 19.5. The van der Waals surface area contributed by atoms with Gasteiger partial charge < -0.3 is 4.74 Å². The number of morpholine rings is 1. The Bertz CT molecular complexity index is 550. The van der Waals surface area contributed by atoms with Gasteiger partial charge in [0.25, 0.3) is 0 Å². The third-order valence-electron chi connectivity index (χ3n) is 4.06. The van der Waals surface area contributed by atoms with E-state index in [2.05, 4.69) is 66.4 Å². The molecule has 0 radical (unpaired) electrons. The first kappa shape index (κ1) is 14.3. The fourth-order valence-corrected chi connectivity index (χ4v) is 2.88. The van der Waals surface area contributed by atoms with Crippen LogP contribution in [-0.4, -0.2) is 30.7 Å². The van der Waals surface area contributed by atoms with Gasteiger partial charge in [0.15, 0.2) is 0 Å². The Morgan fingerprint density at radius 1 is 1.00 bits per heavy atom. The van der Waals surface area contributed by atoms with Gasteiger partial charge in [0.1, 0.15) is 0 Å². The van der Waals surface area contributed by atoms with Crippen molar-refractivity contribution in [2.45, 2.75) is 26.0 Å². The quantitative estimate of drug-likeness (QED) is 0.851. The van der Waals surface area contributed by atoms with Gasteiger partial charge in [-0.3, -0.25) is 4.90 Å². The van der Waals surface area contributed by atoms with Crippen molar-refractivity contribution in [3.63, 3.8) is 0 Å². The SMILES string of the molecule is Cc1ccc(CC2CN(Cc3ccccc3)CCO2)cc1. The molecular formula is C19H23NO. The van der Waals surface area contributed by atoms with Crippen LogP contribution in [0.25, 0.3) is 0 Å². The predicted molar refractivity (Wildman–Crippen MR) is 86.3 cm³/mol. The number of ether oxygens (including phenoxy) is 1. The van der Waals surface area contributed by atoms with Gasteiger partial charge in [0, 0.05) is 19.6 Å². The Morgan fingerprint density at radius 2 is 1.76 bits per heavy atom. The van der Waals surface area contributed by atoms with E-state index in [9.17, 15) is 0 Å². The van der Waals surface area contributed by atoms with E-state index in [4.69, 9.17) is 4.74 Å². The molecule has 0 saturated carbocycles. The maximum Gasteiger partial charge on any atom is 0.0743 e. The molecule has 1 aliphatic rings. The van der Waals surface area contributed by atoms with Crippen LogP contribution in [0, 0.1) is 6.92 Å². The minimum absolute atomic E-state index is 0.310. The maximum atomic E-state index is 5.94. The largest absolute Gasteiger partial charge is 0.375 e. The third kappa shape index (κ3) is 4.16. The molecule has 2 nitrogen and oxygen atoms in total. The van der Waals surface area contributed by atoms with Crippen molar-refractivity contribution >= 4 is 0 Å². The van der Waals surface area contributed by atoms with Crippen LogP contribution in [0.15, 0.2) is 54.6 Å². The van der Waals surface area contributed by atoms with Crippen LogP contribution in [-0.2, 0) is 17.7 Å². The summed E-state index contributed by atoms with van der Waals surface area (Å²) in [4.78, 5) is 2.50. The molecule has 0 aliphatic carbocycles. The van der Waals surface area contributed by atoms with Gasteiger partial charge in [-0.25, -0.2) is 0 Å². The third-order valence-corrected chi connectivity index (χ3v) is 4.06. The van der Waals surface area contributed by atoms with Crippen LogP contribution < -0.4 is 0 Å². The lowest BCUT2D eigenvalue weighted by Gasteiger charge is -2.33. The highest BCUT2D eigenvalue weighted by atomic mass is 16.5. The molecule has 0 aromatic heterocycles. The molecule has 1 saturated heterocycles. The first-order valence-electron chi connectivity index (χ1n) is 7.73. The van der Waals surface area contributed by atoms with Gasteiger partial charge in [-0.2, -0.15) is 0 Å². The smallest absolute Gasteiger partial charge is 0.0743 e. The molecule has 21 heavy (non-hydrogen) atoms. The average Bonchev–Trinajstić information content (AvgIpc) is 2.51. The molecule has 2 aromatic rings. The lowest BCUT2D eigenvalue weighted by molar-refractivity contribution is -0.0304. The van der Waals surface area contributed by atoms with Crippen LogP contribution in [0.3, 0.4) is 0 Å². The van der Waals surface area contributed by atoms with Gasteiger partial charge >= 0.3 is 0 Å². The van der Waals surface area contributed by atoms with Crippen LogP contribution in [0.4, 0.5) is 0 Å². The zero-order valence-corrected chi connectivity index (χ0v) is 12.7.